The Morgan fingerprint density at radius 3 is 2.73 bits per heavy atom. The first-order chi connectivity index (χ1) is 12.1. The highest BCUT2D eigenvalue weighted by Crippen LogP contribution is 2.24. The molecule has 5 nitrogen and oxygen atoms in total. The second-order valence-corrected chi connectivity index (χ2v) is 5.96. The fourth-order valence-electron chi connectivity index (χ4n) is 2.92. The number of amides is 1. The van der Waals surface area contributed by atoms with E-state index < -0.39 is 11.7 Å². The predicted molar refractivity (Wildman–Crippen MR) is 113 cm³/mol. The molecule has 138 valence electrons. The molecule has 0 radical (unpaired) electrons. The van der Waals surface area contributed by atoms with Crippen LogP contribution in [-0.4, -0.2) is 25.0 Å². The number of hydrogen-bond donors (Lipinski definition) is 3. The number of benzene rings is 2. The van der Waals surface area contributed by atoms with Crippen LogP contribution in [-0.2, 0) is 12.8 Å². The second kappa shape index (κ2) is 9.51. The minimum atomic E-state index is -0.540. The maximum atomic E-state index is 13.5. The highest BCUT2D eigenvalue weighted by molar-refractivity contribution is 14.0. The number of anilines is 1. The van der Waals surface area contributed by atoms with E-state index in [-0.39, 0.29) is 42.0 Å². The largest absolute Gasteiger partial charge is 0.370 e. The van der Waals surface area contributed by atoms with Gasteiger partial charge in [-0.25, -0.2) is 4.39 Å². The van der Waals surface area contributed by atoms with Crippen molar-refractivity contribution in [1.29, 1.82) is 0 Å². The molecule has 3 rings (SSSR count). The summed E-state index contributed by atoms with van der Waals surface area (Å²) < 4.78 is 13.5. The lowest BCUT2D eigenvalue weighted by Crippen LogP contribution is -2.29. The smallest absolute Gasteiger partial charge is 0.254 e. The van der Waals surface area contributed by atoms with Crippen molar-refractivity contribution in [2.75, 3.05) is 18.4 Å². The Hall–Kier alpha value is -2.16. The van der Waals surface area contributed by atoms with Crippen LogP contribution >= 0.6 is 24.0 Å². The third-order valence-corrected chi connectivity index (χ3v) is 4.17. The summed E-state index contributed by atoms with van der Waals surface area (Å²) in [6.45, 7) is 0.587. The molecule has 7 heteroatoms. The van der Waals surface area contributed by atoms with E-state index in [1.807, 2.05) is 6.07 Å². The van der Waals surface area contributed by atoms with Crippen LogP contribution in [0, 0.1) is 5.82 Å². The van der Waals surface area contributed by atoms with Crippen molar-refractivity contribution in [1.82, 2.24) is 5.32 Å². The van der Waals surface area contributed by atoms with Crippen molar-refractivity contribution in [2.45, 2.75) is 19.3 Å². The van der Waals surface area contributed by atoms with Gasteiger partial charge in [0.05, 0.1) is 12.1 Å². The summed E-state index contributed by atoms with van der Waals surface area (Å²) in [5.74, 6) is -0.710. The van der Waals surface area contributed by atoms with E-state index in [1.165, 1.54) is 29.7 Å². The summed E-state index contributed by atoms with van der Waals surface area (Å²) >= 11 is 0. The summed E-state index contributed by atoms with van der Waals surface area (Å²) in [6, 6.07) is 12.1. The minimum Gasteiger partial charge on any atom is -0.370 e. The molecule has 1 aliphatic rings. The zero-order valence-electron chi connectivity index (χ0n) is 14.3. The van der Waals surface area contributed by atoms with Crippen molar-refractivity contribution < 1.29 is 9.18 Å². The number of nitrogens with two attached hydrogens (primary N) is 1. The highest BCUT2D eigenvalue weighted by atomic mass is 127. The van der Waals surface area contributed by atoms with Crippen LogP contribution in [0.25, 0.3) is 0 Å². The number of carbonyl (C=O) groups is 1. The molecule has 0 atom stereocenters. The lowest BCUT2D eigenvalue weighted by atomic mass is 10.1. The molecular weight excluding hydrogens is 446 g/mol. The van der Waals surface area contributed by atoms with Crippen LogP contribution in [0.4, 0.5) is 10.1 Å². The molecule has 0 heterocycles. The molecular formula is C19H22FIN4O. The Morgan fingerprint density at radius 2 is 1.92 bits per heavy atom. The second-order valence-electron chi connectivity index (χ2n) is 5.96. The maximum Gasteiger partial charge on any atom is 0.254 e. The van der Waals surface area contributed by atoms with Crippen LogP contribution in [0.3, 0.4) is 0 Å². The number of aryl methyl sites for hydroxylation is 2. The first-order valence-electron chi connectivity index (χ1n) is 8.35. The molecule has 0 saturated heterocycles. The van der Waals surface area contributed by atoms with E-state index >= 15 is 0 Å². The van der Waals surface area contributed by atoms with Crippen molar-refractivity contribution in [2.24, 2.45) is 10.7 Å². The van der Waals surface area contributed by atoms with Gasteiger partial charge in [0, 0.05) is 12.2 Å². The molecule has 0 aromatic heterocycles. The van der Waals surface area contributed by atoms with Gasteiger partial charge in [0.15, 0.2) is 5.96 Å². The molecule has 0 saturated carbocycles. The average molecular weight is 468 g/mol. The first kappa shape index (κ1) is 20.2. The molecule has 2 aromatic carbocycles. The number of fused-ring (bicyclic) bond motifs is 1. The number of carbonyl (C=O) groups excluding carboxylic acids is 1. The Labute approximate surface area is 169 Å². The molecule has 1 aliphatic carbocycles. The van der Waals surface area contributed by atoms with Gasteiger partial charge < -0.3 is 16.4 Å². The summed E-state index contributed by atoms with van der Waals surface area (Å²) in [5, 5.41) is 5.68. The summed E-state index contributed by atoms with van der Waals surface area (Å²) in [7, 11) is 0. The molecule has 0 spiro atoms. The van der Waals surface area contributed by atoms with Gasteiger partial charge in [-0.1, -0.05) is 18.2 Å². The van der Waals surface area contributed by atoms with Gasteiger partial charge in [0.1, 0.15) is 5.82 Å². The Bertz CT molecular complexity index is 810. The van der Waals surface area contributed by atoms with Crippen molar-refractivity contribution in [3.05, 3.63) is 65.0 Å². The Morgan fingerprint density at radius 1 is 1.15 bits per heavy atom. The molecule has 4 N–H and O–H groups in total. The van der Waals surface area contributed by atoms with Crippen LogP contribution < -0.4 is 16.4 Å². The monoisotopic (exact) mass is 468 g/mol. The van der Waals surface area contributed by atoms with Crippen molar-refractivity contribution in [3.63, 3.8) is 0 Å². The SMILES string of the molecule is I.NC(=NCCNC(=O)c1ccccc1F)Nc1ccc2c(c1)CCC2. The number of hydrogen-bond acceptors (Lipinski definition) is 2. The zero-order valence-corrected chi connectivity index (χ0v) is 16.6. The van der Waals surface area contributed by atoms with E-state index in [9.17, 15) is 9.18 Å². The molecule has 0 fully saturated rings. The van der Waals surface area contributed by atoms with Crippen LogP contribution in [0.1, 0.15) is 27.9 Å². The lowest BCUT2D eigenvalue weighted by Gasteiger charge is -2.08. The van der Waals surface area contributed by atoms with Crippen molar-refractivity contribution in [3.8, 4) is 0 Å². The van der Waals surface area contributed by atoms with Gasteiger partial charge in [-0.2, -0.15) is 0 Å². The van der Waals surface area contributed by atoms with E-state index in [1.54, 1.807) is 12.1 Å². The first-order valence-corrected chi connectivity index (χ1v) is 8.35. The average Bonchev–Trinajstić information content (AvgIpc) is 3.06. The molecule has 2 aromatic rings. The summed E-state index contributed by atoms with van der Waals surface area (Å²) in [4.78, 5) is 16.0. The van der Waals surface area contributed by atoms with Crippen LogP contribution in [0.15, 0.2) is 47.5 Å². The normalized spacial score (nSPS) is 12.9. The standard InChI is InChI=1S/C19H21FN4O.HI/c20-17-7-2-1-6-16(17)18(25)22-10-11-23-19(21)24-15-9-8-13-4-3-5-14(13)12-15;/h1-2,6-9,12H,3-5,10-11H2,(H,22,25)(H3,21,23,24);1H. The van der Waals surface area contributed by atoms with E-state index in [4.69, 9.17) is 5.73 Å². The summed E-state index contributed by atoms with van der Waals surface area (Å²) in [6.07, 6.45) is 3.44. The van der Waals surface area contributed by atoms with E-state index in [2.05, 4.69) is 27.8 Å². The van der Waals surface area contributed by atoms with E-state index in [0.717, 1.165) is 18.5 Å². The lowest BCUT2D eigenvalue weighted by molar-refractivity contribution is 0.0951. The minimum absolute atomic E-state index is 0. The molecule has 1 amide bonds. The van der Waals surface area contributed by atoms with Gasteiger partial charge in [0.25, 0.3) is 5.91 Å². The van der Waals surface area contributed by atoms with Crippen LogP contribution in [0.2, 0.25) is 0 Å². The fraction of sp³-hybridized carbons (Fsp3) is 0.263. The number of nitrogens with one attached hydrogen (secondary N) is 2. The van der Waals surface area contributed by atoms with Gasteiger partial charge in [-0.05, 0) is 54.7 Å². The third-order valence-electron chi connectivity index (χ3n) is 4.17. The van der Waals surface area contributed by atoms with Crippen molar-refractivity contribution >= 4 is 41.5 Å². The molecule has 0 aliphatic heterocycles. The van der Waals surface area contributed by atoms with Gasteiger partial charge in [-0.15, -0.1) is 24.0 Å². The number of halogens is 2. The van der Waals surface area contributed by atoms with Gasteiger partial charge in [0.2, 0.25) is 0 Å². The maximum absolute atomic E-state index is 13.5. The fourth-order valence-corrected chi connectivity index (χ4v) is 2.92. The van der Waals surface area contributed by atoms with Gasteiger partial charge >= 0.3 is 0 Å². The number of rotatable bonds is 5. The predicted octanol–water partition coefficient (Wildman–Crippen LogP) is 3.09. The molecule has 0 unspecified atom stereocenters. The number of guanidine groups is 1. The molecule has 0 bridgehead atoms. The zero-order chi connectivity index (χ0) is 17.6. The number of nitrogens with zero attached hydrogens (tertiary/aromatic N) is 1. The topological polar surface area (TPSA) is 79.5 Å². The third kappa shape index (κ3) is 5.17. The van der Waals surface area contributed by atoms with E-state index in [0.29, 0.717) is 6.54 Å². The Kier molecular flexibility index (Phi) is 7.38. The Balaban J connectivity index is 0.00000243. The quantitative estimate of drug-likeness (QED) is 0.273. The molecule has 26 heavy (non-hydrogen) atoms. The highest BCUT2D eigenvalue weighted by Gasteiger charge is 2.11. The van der Waals surface area contributed by atoms with Crippen LogP contribution in [0.5, 0.6) is 0 Å². The summed E-state index contributed by atoms with van der Waals surface area (Å²) in [5.41, 5.74) is 9.56. The number of aliphatic imine (C=N–C) groups is 1. The van der Waals surface area contributed by atoms with Gasteiger partial charge in [-0.3, -0.25) is 9.79 Å².